The minimum Gasteiger partial charge on any atom is -0.383 e. The number of rotatable bonds is 5. The molecule has 2 aromatic rings. The lowest BCUT2D eigenvalue weighted by Gasteiger charge is -2.14. The van der Waals surface area contributed by atoms with Crippen LogP contribution in [0.2, 0.25) is 0 Å². The monoisotopic (exact) mass is 354 g/mol. The van der Waals surface area contributed by atoms with E-state index in [1.807, 2.05) is 0 Å². The Labute approximate surface area is 129 Å². The Morgan fingerprint density at radius 3 is 2.38 bits per heavy atom. The molecule has 0 radical (unpaired) electrons. The molecular formula is C15H13BrF2N2O. The predicted molar refractivity (Wildman–Crippen MR) is 81.5 cm³/mol. The van der Waals surface area contributed by atoms with Crippen molar-refractivity contribution in [2.24, 2.45) is 5.73 Å². The van der Waals surface area contributed by atoms with Gasteiger partial charge in [-0.1, -0.05) is 28.1 Å². The van der Waals surface area contributed by atoms with Gasteiger partial charge in [0, 0.05) is 12.2 Å². The summed E-state index contributed by atoms with van der Waals surface area (Å²) in [6.45, 7) is 0.384. The average Bonchev–Trinajstić information content (AvgIpc) is 2.45. The minimum atomic E-state index is -0.634. The number of halogens is 3. The first-order chi connectivity index (χ1) is 9.97. The van der Waals surface area contributed by atoms with E-state index in [-0.39, 0.29) is 16.2 Å². The van der Waals surface area contributed by atoms with Crippen molar-refractivity contribution in [3.05, 3.63) is 65.2 Å². The molecule has 0 aliphatic rings. The van der Waals surface area contributed by atoms with Gasteiger partial charge in [0.25, 0.3) is 5.91 Å². The topological polar surface area (TPSA) is 55.1 Å². The van der Waals surface area contributed by atoms with Crippen molar-refractivity contribution < 1.29 is 13.6 Å². The molecule has 110 valence electrons. The number of anilines is 1. The highest BCUT2D eigenvalue weighted by molar-refractivity contribution is 9.09. The average molecular weight is 355 g/mol. The Morgan fingerprint density at radius 1 is 1.14 bits per heavy atom. The lowest BCUT2D eigenvalue weighted by atomic mass is 10.1. The van der Waals surface area contributed by atoms with Crippen LogP contribution in [0.5, 0.6) is 0 Å². The second-order valence-corrected chi connectivity index (χ2v) is 5.56. The van der Waals surface area contributed by atoms with E-state index < -0.39 is 11.7 Å². The van der Waals surface area contributed by atoms with Gasteiger partial charge in [0.05, 0.1) is 10.4 Å². The van der Waals surface area contributed by atoms with Crippen LogP contribution in [0.25, 0.3) is 0 Å². The molecule has 0 aliphatic carbocycles. The third-order valence-corrected chi connectivity index (χ3v) is 3.80. The summed E-state index contributed by atoms with van der Waals surface area (Å²) >= 11 is 3.45. The second-order valence-electron chi connectivity index (χ2n) is 4.45. The van der Waals surface area contributed by atoms with Crippen LogP contribution >= 0.6 is 15.9 Å². The molecule has 0 heterocycles. The number of nitrogens with two attached hydrogens (primary N) is 1. The van der Waals surface area contributed by atoms with Gasteiger partial charge < -0.3 is 11.1 Å². The van der Waals surface area contributed by atoms with Crippen LogP contribution in [0.15, 0.2) is 42.5 Å². The Balaban J connectivity index is 2.10. The zero-order valence-corrected chi connectivity index (χ0v) is 12.5. The summed E-state index contributed by atoms with van der Waals surface area (Å²) in [7, 11) is 0. The summed E-state index contributed by atoms with van der Waals surface area (Å²) in [4.78, 5) is 11.2. The van der Waals surface area contributed by atoms with Crippen LogP contribution in [0.1, 0.15) is 20.7 Å². The summed E-state index contributed by atoms with van der Waals surface area (Å²) in [5.41, 5.74) is 6.65. The molecule has 6 heteroatoms. The van der Waals surface area contributed by atoms with Gasteiger partial charge in [-0.25, -0.2) is 8.78 Å². The van der Waals surface area contributed by atoms with Crippen molar-refractivity contribution in [1.82, 2.24) is 0 Å². The van der Waals surface area contributed by atoms with Crippen molar-refractivity contribution >= 4 is 27.5 Å². The van der Waals surface area contributed by atoms with Crippen molar-refractivity contribution in [1.29, 1.82) is 0 Å². The molecule has 21 heavy (non-hydrogen) atoms. The lowest BCUT2D eigenvalue weighted by molar-refractivity contribution is 0.100. The molecular weight excluding hydrogens is 342 g/mol. The number of nitrogens with one attached hydrogen (secondary N) is 1. The number of primary amides is 1. The number of alkyl halides is 1. The van der Waals surface area contributed by atoms with E-state index in [0.717, 1.165) is 5.56 Å². The second kappa shape index (κ2) is 6.67. The van der Waals surface area contributed by atoms with Crippen LogP contribution in [-0.4, -0.2) is 12.5 Å². The molecule has 2 rings (SSSR count). The largest absolute Gasteiger partial charge is 0.383 e. The Kier molecular flexibility index (Phi) is 4.90. The van der Waals surface area contributed by atoms with Gasteiger partial charge in [0.15, 0.2) is 0 Å². The van der Waals surface area contributed by atoms with E-state index in [4.69, 9.17) is 5.73 Å². The van der Waals surface area contributed by atoms with E-state index in [2.05, 4.69) is 21.2 Å². The van der Waals surface area contributed by atoms with Crippen molar-refractivity contribution in [2.75, 3.05) is 11.9 Å². The van der Waals surface area contributed by atoms with E-state index in [0.29, 0.717) is 12.2 Å². The number of carbonyl (C=O) groups excluding carboxylic acids is 1. The van der Waals surface area contributed by atoms with E-state index in [9.17, 15) is 13.6 Å². The number of hydrogen-bond donors (Lipinski definition) is 2. The van der Waals surface area contributed by atoms with Crippen LogP contribution in [0, 0.1) is 11.6 Å². The summed E-state index contributed by atoms with van der Waals surface area (Å²) in [6.07, 6.45) is 0. The molecule has 3 nitrogen and oxygen atoms in total. The standard InChI is InChI=1S/C15H13BrF2N2O/c16-13(9-1-3-10(17)4-2-9)8-20-14-7-11(18)5-6-12(14)15(19)21/h1-7,13,20H,8H2,(H2,19,21). The summed E-state index contributed by atoms with van der Waals surface area (Å²) in [5.74, 6) is -1.41. The SMILES string of the molecule is NC(=O)c1ccc(F)cc1NCC(Br)c1ccc(F)cc1. The first kappa shape index (κ1) is 15.4. The van der Waals surface area contributed by atoms with Gasteiger partial charge in [-0.15, -0.1) is 0 Å². The number of benzene rings is 2. The third-order valence-electron chi connectivity index (χ3n) is 2.95. The van der Waals surface area contributed by atoms with E-state index in [1.54, 1.807) is 12.1 Å². The maximum Gasteiger partial charge on any atom is 0.250 e. The van der Waals surface area contributed by atoms with Crippen LogP contribution < -0.4 is 11.1 Å². The fraction of sp³-hybridized carbons (Fsp3) is 0.133. The molecule has 0 aromatic heterocycles. The van der Waals surface area contributed by atoms with Gasteiger partial charge in [0.1, 0.15) is 11.6 Å². The van der Waals surface area contributed by atoms with E-state index in [1.165, 1.54) is 30.3 Å². The minimum absolute atomic E-state index is 0.123. The fourth-order valence-corrected chi connectivity index (χ4v) is 2.33. The molecule has 3 N–H and O–H groups in total. The van der Waals surface area contributed by atoms with Crippen molar-refractivity contribution in [3.63, 3.8) is 0 Å². The van der Waals surface area contributed by atoms with Gasteiger partial charge in [-0.3, -0.25) is 4.79 Å². The summed E-state index contributed by atoms with van der Waals surface area (Å²) in [5, 5.41) is 2.97. The number of carbonyl (C=O) groups is 1. The van der Waals surface area contributed by atoms with Gasteiger partial charge in [0.2, 0.25) is 0 Å². The van der Waals surface area contributed by atoms with Crippen molar-refractivity contribution in [3.8, 4) is 0 Å². The molecule has 0 aliphatic heterocycles. The molecule has 1 amide bonds. The Morgan fingerprint density at radius 2 is 1.76 bits per heavy atom. The van der Waals surface area contributed by atoms with Crippen LogP contribution in [-0.2, 0) is 0 Å². The molecule has 1 unspecified atom stereocenters. The summed E-state index contributed by atoms with van der Waals surface area (Å²) in [6, 6.07) is 9.75. The Bertz CT molecular complexity index is 647. The quantitative estimate of drug-likeness (QED) is 0.805. The summed E-state index contributed by atoms with van der Waals surface area (Å²) < 4.78 is 26.1. The maximum atomic E-state index is 13.3. The molecule has 0 spiro atoms. The molecule has 0 fully saturated rings. The van der Waals surface area contributed by atoms with Gasteiger partial charge >= 0.3 is 0 Å². The highest BCUT2D eigenvalue weighted by Gasteiger charge is 2.12. The normalized spacial score (nSPS) is 12.0. The molecule has 2 aromatic carbocycles. The van der Waals surface area contributed by atoms with Gasteiger partial charge in [-0.05, 0) is 35.9 Å². The fourth-order valence-electron chi connectivity index (χ4n) is 1.87. The van der Waals surface area contributed by atoms with E-state index >= 15 is 0 Å². The number of amides is 1. The zero-order chi connectivity index (χ0) is 15.4. The lowest BCUT2D eigenvalue weighted by Crippen LogP contribution is -2.16. The van der Waals surface area contributed by atoms with Gasteiger partial charge in [-0.2, -0.15) is 0 Å². The van der Waals surface area contributed by atoms with Crippen molar-refractivity contribution in [2.45, 2.75) is 4.83 Å². The third kappa shape index (κ3) is 4.01. The molecule has 1 atom stereocenters. The predicted octanol–water partition coefficient (Wildman–Crippen LogP) is 3.61. The van der Waals surface area contributed by atoms with Crippen LogP contribution in [0.3, 0.4) is 0 Å². The molecule has 0 bridgehead atoms. The first-order valence-corrected chi connectivity index (χ1v) is 7.11. The smallest absolute Gasteiger partial charge is 0.250 e. The molecule has 0 saturated heterocycles. The van der Waals surface area contributed by atoms with Crippen LogP contribution in [0.4, 0.5) is 14.5 Å². The highest BCUT2D eigenvalue weighted by Crippen LogP contribution is 2.25. The maximum absolute atomic E-state index is 13.3. The number of hydrogen-bond acceptors (Lipinski definition) is 2. The Hall–Kier alpha value is -1.95. The molecule has 0 saturated carbocycles. The first-order valence-electron chi connectivity index (χ1n) is 6.20. The highest BCUT2D eigenvalue weighted by atomic mass is 79.9. The zero-order valence-electron chi connectivity index (χ0n) is 10.9.